The van der Waals surface area contributed by atoms with Crippen molar-refractivity contribution in [1.29, 1.82) is 0 Å². The van der Waals surface area contributed by atoms with Crippen molar-refractivity contribution in [1.82, 2.24) is 5.43 Å². The van der Waals surface area contributed by atoms with Crippen molar-refractivity contribution in [3.05, 3.63) is 57.5 Å². The Morgan fingerprint density at radius 1 is 1.40 bits per heavy atom. The van der Waals surface area contributed by atoms with Gasteiger partial charge in [-0.05, 0) is 49.9 Å². The molecule has 0 atom stereocenters. The molecule has 6 heteroatoms. The predicted molar refractivity (Wildman–Crippen MR) is 102 cm³/mol. The zero-order valence-corrected chi connectivity index (χ0v) is 15.4. The van der Waals surface area contributed by atoms with Crippen molar-refractivity contribution in [2.45, 2.75) is 26.3 Å². The number of hydrazone groups is 1. The summed E-state index contributed by atoms with van der Waals surface area (Å²) in [6.45, 7) is 6.20. The molecule has 1 N–H and O–H groups in total. The van der Waals surface area contributed by atoms with E-state index in [0.717, 1.165) is 16.8 Å². The maximum Gasteiger partial charge on any atom is 0.281 e. The number of carbonyl (C=O) groups excluding carboxylic acids is 1. The van der Waals surface area contributed by atoms with E-state index in [1.165, 1.54) is 23.6 Å². The number of likely N-dealkylation sites (N-methyl/N-ethyl adjacent to an activating group) is 1. The lowest BCUT2D eigenvalue weighted by atomic mass is 9.88. The fraction of sp³-hybridized carbons (Fsp3) is 0.263. The normalized spacial score (nSPS) is 15.9. The van der Waals surface area contributed by atoms with E-state index in [-0.39, 0.29) is 17.3 Å². The summed E-state index contributed by atoms with van der Waals surface area (Å²) in [5.41, 5.74) is 5.50. The van der Waals surface area contributed by atoms with Gasteiger partial charge in [0.1, 0.15) is 5.82 Å². The minimum Gasteiger partial charge on any atom is -0.365 e. The summed E-state index contributed by atoms with van der Waals surface area (Å²) in [6, 6.07) is 6.79. The van der Waals surface area contributed by atoms with E-state index in [1.807, 2.05) is 19.4 Å². The van der Waals surface area contributed by atoms with Gasteiger partial charge >= 0.3 is 0 Å². The second-order valence-corrected chi connectivity index (χ2v) is 7.56. The Morgan fingerprint density at radius 2 is 2.16 bits per heavy atom. The maximum atomic E-state index is 14.5. The molecule has 2 heterocycles. The molecule has 0 spiro atoms. The largest absolute Gasteiger partial charge is 0.365 e. The number of allylic oxidation sites excluding steroid dienone is 1. The van der Waals surface area contributed by atoms with Gasteiger partial charge in [0.25, 0.3) is 5.91 Å². The lowest BCUT2D eigenvalue weighted by molar-refractivity contribution is 0.0959. The molecule has 130 valence electrons. The quantitative estimate of drug-likeness (QED) is 0.658. The van der Waals surface area contributed by atoms with Gasteiger partial charge in [-0.25, -0.2) is 9.82 Å². The fourth-order valence-electron chi connectivity index (χ4n) is 2.91. The summed E-state index contributed by atoms with van der Waals surface area (Å²) in [4.78, 5) is 14.5. The number of carbonyl (C=O) groups is 1. The molecule has 1 aliphatic rings. The maximum absolute atomic E-state index is 14.5. The summed E-state index contributed by atoms with van der Waals surface area (Å²) < 4.78 is 14.5. The topological polar surface area (TPSA) is 44.7 Å². The molecule has 0 aliphatic carbocycles. The molecule has 1 aromatic heterocycles. The number of nitrogens with zero attached hydrogens (tertiary/aromatic N) is 2. The van der Waals surface area contributed by atoms with Gasteiger partial charge in [-0.1, -0.05) is 12.1 Å². The summed E-state index contributed by atoms with van der Waals surface area (Å²) in [6.07, 6.45) is 3.50. The number of nitrogens with one attached hydrogen (secondary N) is 1. The summed E-state index contributed by atoms with van der Waals surface area (Å²) in [7, 11) is 1.95. The monoisotopic (exact) mass is 357 g/mol. The Morgan fingerprint density at radius 3 is 2.84 bits per heavy atom. The van der Waals surface area contributed by atoms with Crippen LogP contribution in [-0.2, 0) is 0 Å². The molecule has 0 radical (unpaired) electrons. The highest BCUT2D eigenvalue weighted by molar-refractivity contribution is 7.12. The first-order chi connectivity index (χ1) is 11.8. The number of rotatable bonds is 3. The first-order valence-corrected chi connectivity index (χ1v) is 8.81. The number of benzene rings is 1. The highest BCUT2D eigenvalue weighted by atomic mass is 32.1. The van der Waals surface area contributed by atoms with E-state index in [9.17, 15) is 9.18 Å². The number of anilines is 1. The first kappa shape index (κ1) is 17.4. The Labute approximate surface area is 150 Å². The van der Waals surface area contributed by atoms with Crippen molar-refractivity contribution in [3.63, 3.8) is 0 Å². The third-order valence-electron chi connectivity index (χ3n) is 4.45. The molecule has 0 saturated carbocycles. The van der Waals surface area contributed by atoms with Gasteiger partial charge in [0.15, 0.2) is 0 Å². The fourth-order valence-corrected chi connectivity index (χ4v) is 3.52. The molecule has 2 aromatic rings. The van der Waals surface area contributed by atoms with Crippen LogP contribution in [0.1, 0.15) is 41.6 Å². The molecule has 3 rings (SSSR count). The zero-order chi connectivity index (χ0) is 18.2. The van der Waals surface area contributed by atoms with Crippen LogP contribution in [0.15, 0.2) is 40.8 Å². The molecule has 0 unspecified atom stereocenters. The highest BCUT2D eigenvalue weighted by Gasteiger charge is 2.29. The number of fused-ring (bicyclic) bond motifs is 1. The van der Waals surface area contributed by atoms with Crippen LogP contribution in [0, 0.1) is 5.82 Å². The van der Waals surface area contributed by atoms with E-state index in [2.05, 4.69) is 35.4 Å². The standard InChI is InChI=1S/C19H20FN3OS/c1-12-10-19(2,3)23(4)16-9-15(20)13(8-14(12)16)11-21-22-18(24)17-6-5-7-25-17/h5-11H,1-4H3,(H,22,24)/b21-11+. The van der Waals surface area contributed by atoms with Gasteiger partial charge in [-0.3, -0.25) is 4.79 Å². The Bertz CT molecular complexity index is 869. The number of thiophene rings is 1. The van der Waals surface area contributed by atoms with E-state index in [4.69, 9.17) is 0 Å². The van der Waals surface area contributed by atoms with Crippen LogP contribution in [0.2, 0.25) is 0 Å². The highest BCUT2D eigenvalue weighted by Crippen LogP contribution is 2.38. The van der Waals surface area contributed by atoms with E-state index < -0.39 is 0 Å². The van der Waals surface area contributed by atoms with Gasteiger partial charge in [-0.15, -0.1) is 11.3 Å². The summed E-state index contributed by atoms with van der Waals surface area (Å²) in [5.74, 6) is -0.674. The van der Waals surface area contributed by atoms with Crippen LogP contribution in [0.25, 0.3) is 5.57 Å². The van der Waals surface area contributed by atoms with Gasteiger partial charge in [-0.2, -0.15) is 5.10 Å². The van der Waals surface area contributed by atoms with Gasteiger partial charge in [0, 0.05) is 23.9 Å². The lowest BCUT2D eigenvalue weighted by Gasteiger charge is -2.40. The average Bonchev–Trinajstić information content (AvgIpc) is 3.08. The van der Waals surface area contributed by atoms with E-state index in [0.29, 0.717) is 10.4 Å². The molecule has 0 bridgehead atoms. The third-order valence-corrected chi connectivity index (χ3v) is 5.32. The molecule has 1 aliphatic heterocycles. The number of hydrogen-bond donors (Lipinski definition) is 1. The average molecular weight is 357 g/mol. The SMILES string of the molecule is CC1=CC(C)(C)N(C)c2cc(F)c(/C=N/NC(=O)c3cccs3)cc21. The minimum atomic E-state index is -0.370. The molecular weight excluding hydrogens is 337 g/mol. The van der Waals surface area contributed by atoms with Crippen molar-refractivity contribution in [2.75, 3.05) is 11.9 Å². The first-order valence-electron chi connectivity index (χ1n) is 7.94. The third kappa shape index (κ3) is 3.35. The van der Waals surface area contributed by atoms with Crippen molar-refractivity contribution in [3.8, 4) is 0 Å². The van der Waals surface area contributed by atoms with Gasteiger partial charge in [0.2, 0.25) is 0 Å². The van der Waals surface area contributed by atoms with E-state index in [1.54, 1.807) is 18.2 Å². The number of halogens is 1. The van der Waals surface area contributed by atoms with Crippen molar-refractivity contribution >= 4 is 34.7 Å². The summed E-state index contributed by atoms with van der Waals surface area (Å²) >= 11 is 1.33. The van der Waals surface area contributed by atoms with Crippen LogP contribution in [0.5, 0.6) is 0 Å². The molecule has 1 amide bonds. The van der Waals surface area contributed by atoms with Crippen LogP contribution in [0.3, 0.4) is 0 Å². The molecular formula is C19H20FN3OS. The molecule has 0 saturated heterocycles. The zero-order valence-electron chi connectivity index (χ0n) is 14.6. The van der Waals surface area contributed by atoms with Crippen LogP contribution >= 0.6 is 11.3 Å². The second-order valence-electron chi connectivity index (χ2n) is 6.61. The lowest BCUT2D eigenvalue weighted by Crippen LogP contribution is -2.42. The smallest absolute Gasteiger partial charge is 0.281 e. The van der Waals surface area contributed by atoms with Crippen LogP contribution in [0.4, 0.5) is 10.1 Å². The van der Waals surface area contributed by atoms with Crippen molar-refractivity contribution < 1.29 is 9.18 Å². The molecule has 25 heavy (non-hydrogen) atoms. The van der Waals surface area contributed by atoms with Crippen molar-refractivity contribution in [2.24, 2.45) is 5.10 Å². The minimum absolute atomic E-state index is 0.173. The number of amides is 1. The summed E-state index contributed by atoms with van der Waals surface area (Å²) in [5, 5.41) is 5.70. The molecule has 4 nitrogen and oxygen atoms in total. The molecule has 1 aromatic carbocycles. The second kappa shape index (κ2) is 6.44. The predicted octanol–water partition coefficient (Wildman–Crippen LogP) is 4.28. The van der Waals surface area contributed by atoms with Gasteiger partial charge in [0.05, 0.1) is 16.6 Å². The van der Waals surface area contributed by atoms with Crippen LogP contribution < -0.4 is 10.3 Å². The number of hydrogen-bond acceptors (Lipinski definition) is 4. The van der Waals surface area contributed by atoms with Crippen LogP contribution in [-0.4, -0.2) is 24.7 Å². The Balaban J connectivity index is 1.86. The Kier molecular flexibility index (Phi) is 4.47. The molecule has 0 fully saturated rings. The van der Waals surface area contributed by atoms with E-state index >= 15 is 0 Å². The van der Waals surface area contributed by atoms with Gasteiger partial charge < -0.3 is 4.90 Å². The Hall–Kier alpha value is -2.47.